The van der Waals surface area contributed by atoms with Crippen molar-refractivity contribution in [2.75, 3.05) is 16.8 Å². The van der Waals surface area contributed by atoms with E-state index in [9.17, 15) is 9.59 Å². The molecule has 1 amide bonds. The Morgan fingerprint density at radius 3 is 3.00 bits per heavy atom. The molecule has 0 aromatic heterocycles. The molecule has 1 atom stereocenters. The molecular formula is C15H18N2O3. The maximum absolute atomic E-state index is 12.0. The predicted molar refractivity (Wildman–Crippen MR) is 76.0 cm³/mol. The molecule has 2 aliphatic heterocycles. The van der Waals surface area contributed by atoms with Crippen LogP contribution in [-0.2, 0) is 9.53 Å². The summed E-state index contributed by atoms with van der Waals surface area (Å²) in [5.74, 6) is -0.343. The second-order valence-corrected chi connectivity index (χ2v) is 5.53. The van der Waals surface area contributed by atoms with Crippen LogP contribution >= 0.6 is 0 Å². The molecule has 1 fully saturated rings. The van der Waals surface area contributed by atoms with E-state index < -0.39 is 0 Å². The summed E-state index contributed by atoms with van der Waals surface area (Å²) in [6.45, 7) is 4.51. The van der Waals surface area contributed by atoms with Crippen LogP contribution < -0.4 is 10.2 Å². The van der Waals surface area contributed by atoms with Crippen molar-refractivity contribution in [3.63, 3.8) is 0 Å². The molecule has 5 nitrogen and oxygen atoms in total. The van der Waals surface area contributed by atoms with Crippen LogP contribution in [-0.4, -0.2) is 30.6 Å². The minimum Gasteiger partial charge on any atom is -0.459 e. The third kappa shape index (κ3) is 2.13. The number of hydrogen-bond donors (Lipinski definition) is 1. The average Bonchev–Trinajstić information content (AvgIpc) is 2.87. The summed E-state index contributed by atoms with van der Waals surface area (Å²) in [4.78, 5) is 26.0. The van der Waals surface area contributed by atoms with Gasteiger partial charge < -0.3 is 15.0 Å². The van der Waals surface area contributed by atoms with Crippen LogP contribution in [0.1, 0.15) is 37.0 Å². The second kappa shape index (κ2) is 4.81. The fraction of sp³-hybridized carbons (Fsp3) is 0.467. The number of anilines is 2. The third-order valence-electron chi connectivity index (χ3n) is 3.70. The van der Waals surface area contributed by atoms with Crippen LogP contribution in [0.5, 0.6) is 0 Å². The molecule has 1 saturated heterocycles. The van der Waals surface area contributed by atoms with Gasteiger partial charge in [-0.3, -0.25) is 4.79 Å². The van der Waals surface area contributed by atoms with Gasteiger partial charge in [-0.25, -0.2) is 4.79 Å². The van der Waals surface area contributed by atoms with Crippen molar-refractivity contribution in [3.05, 3.63) is 23.8 Å². The zero-order chi connectivity index (χ0) is 14.3. The smallest absolute Gasteiger partial charge is 0.338 e. The summed E-state index contributed by atoms with van der Waals surface area (Å²) in [5.41, 5.74) is 2.16. The third-order valence-corrected chi connectivity index (χ3v) is 3.70. The lowest BCUT2D eigenvalue weighted by atomic mass is 10.1. The van der Waals surface area contributed by atoms with E-state index in [1.807, 2.05) is 19.9 Å². The molecule has 0 radical (unpaired) electrons. The molecule has 106 valence electrons. The van der Waals surface area contributed by atoms with Crippen molar-refractivity contribution < 1.29 is 14.3 Å². The zero-order valence-electron chi connectivity index (χ0n) is 11.7. The molecule has 1 aromatic carbocycles. The number of nitrogens with one attached hydrogen (secondary N) is 1. The number of hydrogen-bond acceptors (Lipinski definition) is 4. The highest BCUT2D eigenvalue weighted by atomic mass is 16.5. The lowest BCUT2D eigenvalue weighted by Crippen LogP contribution is -2.43. The van der Waals surface area contributed by atoms with Gasteiger partial charge in [0.1, 0.15) is 6.04 Å². The van der Waals surface area contributed by atoms with E-state index >= 15 is 0 Å². The number of esters is 1. The van der Waals surface area contributed by atoms with E-state index in [4.69, 9.17) is 4.74 Å². The molecule has 0 aliphatic carbocycles. The van der Waals surface area contributed by atoms with Gasteiger partial charge in [0.2, 0.25) is 5.91 Å². The molecule has 0 saturated carbocycles. The van der Waals surface area contributed by atoms with Gasteiger partial charge in [-0.15, -0.1) is 0 Å². The summed E-state index contributed by atoms with van der Waals surface area (Å²) < 4.78 is 5.18. The minimum absolute atomic E-state index is 0.0179. The highest BCUT2D eigenvalue weighted by Crippen LogP contribution is 2.37. The lowest BCUT2D eigenvalue weighted by molar-refractivity contribution is -0.117. The largest absolute Gasteiger partial charge is 0.459 e. The van der Waals surface area contributed by atoms with Crippen molar-refractivity contribution in [1.29, 1.82) is 0 Å². The van der Waals surface area contributed by atoms with Crippen molar-refractivity contribution in [2.24, 2.45) is 0 Å². The number of rotatable bonds is 2. The number of amides is 1. The second-order valence-electron chi connectivity index (χ2n) is 5.53. The van der Waals surface area contributed by atoms with Crippen molar-refractivity contribution >= 4 is 23.3 Å². The summed E-state index contributed by atoms with van der Waals surface area (Å²) >= 11 is 0. The maximum atomic E-state index is 12.0. The molecule has 1 unspecified atom stereocenters. The SMILES string of the molecule is CC(C)OC(=O)c1ccc2c(c1)NC(=O)C1CCCN21. The number of carbonyl (C=O) groups excluding carboxylic acids is 2. The Morgan fingerprint density at radius 2 is 2.25 bits per heavy atom. The molecule has 3 rings (SSSR count). The fourth-order valence-electron chi connectivity index (χ4n) is 2.84. The molecule has 1 N–H and O–H groups in total. The van der Waals surface area contributed by atoms with E-state index in [-0.39, 0.29) is 24.0 Å². The van der Waals surface area contributed by atoms with Crippen LogP contribution in [0, 0.1) is 0 Å². The zero-order valence-corrected chi connectivity index (χ0v) is 11.7. The van der Waals surface area contributed by atoms with E-state index in [0.717, 1.165) is 25.1 Å². The summed E-state index contributed by atoms with van der Waals surface area (Å²) in [7, 11) is 0. The average molecular weight is 274 g/mol. The Balaban J connectivity index is 1.92. The summed E-state index contributed by atoms with van der Waals surface area (Å²) in [6.07, 6.45) is 1.76. The highest BCUT2D eigenvalue weighted by molar-refractivity contribution is 6.05. The van der Waals surface area contributed by atoms with Gasteiger partial charge in [0.25, 0.3) is 0 Å². The first kappa shape index (κ1) is 13.0. The summed E-state index contributed by atoms with van der Waals surface area (Å²) in [6, 6.07) is 5.29. The topological polar surface area (TPSA) is 58.6 Å². The Hall–Kier alpha value is -2.04. The van der Waals surface area contributed by atoms with Gasteiger partial charge in [0, 0.05) is 6.54 Å². The monoisotopic (exact) mass is 274 g/mol. The molecule has 20 heavy (non-hydrogen) atoms. The molecule has 0 bridgehead atoms. The lowest BCUT2D eigenvalue weighted by Gasteiger charge is -2.33. The van der Waals surface area contributed by atoms with E-state index in [0.29, 0.717) is 11.3 Å². The molecular weight excluding hydrogens is 256 g/mol. The molecule has 0 spiro atoms. The van der Waals surface area contributed by atoms with Gasteiger partial charge >= 0.3 is 5.97 Å². The maximum Gasteiger partial charge on any atom is 0.338 e. The van der Waals surface area contributed by atoms with E-state index in [2.05, 4.69) is 10.2 Å². The quantitative estimate of drug-likeness (QED) is 0.840. The number of carbonyl (C=O) groups is 2. The highest BCUT2D eigenvalue weighted by Gasteiger charge is 2.36. The van der Waals surface area contributed by atoms with Gasteiger partial charge in [-0.05, 0) is 44.9 Å². The van der Waals surface area contributed by atoms with Gasteiger partial charge in [-0.1, -0.05) is 0 Å². The van der Waals surface area contributed by atoms with Crippen LogP contribution in [0.15, 0.2) is 18.2 Å². The van der Waals surface area contributed by atoms with Crippen molar-refractivity contribution in [3.8, 4) is 0 Å². The van der Waals surface area contributed by atoms with Gasteiger partial charge in [0.15, 0.2) is 0 Å². The predicted octanol–water partition coefficient (Wildman–Crippen LogP) is 2.17. The summed E-state index contributed by atoms with van der Waals surface area (Å²) in [5, 5.41) is 2.89. The first-order valence-electron chi connectivity index (χ1n) is 6.99. The van der Waals surface area contributed by atoms with Crippen LogP contribution in [0.25, 0.3) is 0 Å². The van der Waals surface area contributed by atoms with E-state index in [1.165, 1.54) is 0 Å². The van der Waals surface area contributed by atoms with Crippen LogP contribution in [0.4, 0.5) is 11.4 Å². The Labute approximate surface area is 117 Å². The normalized spacial score (nSPS) is 20.4. The molecule has 1 aromatic rings. The number of fused-ring (bicyclic) bond motifs is 3. The number of ether oxygens (including phenoxy) is 1. The van der Waals surface area contributed by atoms with Crippen molar-refractivity contribution in [2.45, 2.75) is 38.8 Å². The molecule has 2 aliphatic rings. The van der Waals surface area contributed by atoms with Crippen LogP contribution in [0.3, 0.4) is 0 Å². The molecule has 2 heterocycles. The van der Waals surface area contributed by atoms with Gasteiger partial charge in [0.05, 0.1) is 23.0 Å². The number of benzene rings is 1. The van der Waals surface area contributed by atoms with E-state index in [1.54, 1.807) is 12.1 Å². The standard InChI is InChI=1S/C15H18N2O3/c1-9(2)20-15(19)10-5-6-12-11(8-10)16-14(18)13-4-3-7-17(12)13/h5-6,8-9,13H,3-4,7H2,1-2H3,(H,16,18). The first-order chi connectivity index (χ1) is 9.56. The van der Waals surface area contributed by atoms with Crippen LogP contribution in [0.2, 0.25) is 0 Å². The minimum atomic E-state index is -0.361. The van der Waals surface area contributed by atoms with Crippen molar-refractivity contribution in [1.82, 2.24) is 0 Å². The number of nitrogens with zero attached hydrogens (tertiary/aromatic N) is 1. The Morgan fingerprint density at radius 1 is 1.45 bits per heavy atom. The first-order valence-corrected chi connectivity index (χ1v) is 6.99. The Bertz CT molecular complexity index is 568. The molecule has 5 heteroatoms. The fourth-order valence-corrected chi connectivity index (χ4v) is 2.84. The van der Waals surface area contributed by atoms with Gasteiger partial charge in [-0.2, -0.15) is 0 Å². The Kier molecular flexibility index (Phi) is 3.12.